The second kappa shape index (κ2) is 9.34. The Hall–Kier alpha value is -3.39. The number of alkyl carbamates (subject to hydrolysis) is 1. The highest BCUT2D eigenvalue weighted by Crippen LogP contribution is 2.44. The van der Waals surface area contributed by atoms with Gasteiger partial charge in [-0.2, -0.15) is 0 Å². The number of carbonyl (C=O) groups excluding carboxylic acids is 2. The maximum Gasteiger partial charge on any atom is 0.407 e. The van der Waals surface area contributed by atoms with Crippen LogP contribution in [-0.4, -0.2) is 55.0 Å². The number of hydrogen-bond acceptors (Lipinski definition) is 5. The molecule has 1 heterocycles. The normalized spacial score (nSPS) is 27.2. The molecule has 2 aliphatic carbocycles. The van der Waals surface area contributed by atoms with Gasteiger partial charge in [0.2, 0.25) is 5.91 Å². The molecule has 2 aromatic carbocycles. The minimum absolute atomic E-state index is 0.0574. The van der Waals surface area contributed by atoms with Gasteiger partial charge in [-0.3, -0.25) is 9.59 Å². The number of carbonyl (C=O) groups is 3. The van der Waals surface area contributed by atoms with Crippen LogP contribution in [0.4, 0.5) is 4.79 Å². The summed E-state index contributed by atoms with van der Waals surface area (Å²) in [5.41, 5.74) is 3.53. The lowest BCUT2D eigenvalue weighted by Gasteiger charge is -2.31. The first-order valence-corrected chi connectivity index (χ1v) is 12.1. The molecule has 0 radical (unpaired) electrons. The van der Waals surface area contributed by atoms with E-state index < -0.39 is 35.5 Å². The molecule has 2 aromatic rings. The minimum atomic E-state index is -1.02. The van der Waals surface area contributed by atoms with Crippen LogP contribution in [0.15, 0.2) is 48.5 Å². The summed E-state index contributed by atoms with van der Waals surface area (Å²) < 4.78 is 11.2. The van der Waals surface area contributed by atoms with Crippen molar-refractivity contribution in [1.82, 2.24) is 10.6 Å². The number of carboxylic acid groups (broad SMARTS) is 1. The van der Waals surface area contributed by atoms with Gasteiger partial charge in [-0.05, 0) is 42.0 Å². The Morgan fingerprint density at radius 1 is 1.03 bits per heavy atom. The average Bonchev–Trinajstić information content (AvgIpc) is 3.55. The first-order valence-electron chi connectivity index (χ1n) is 12.1. The Balaban J connectivity index is 1.22. The van der Waals surface area contributed by atoms with Crippen molar-refractivity contribution in [2.45, 2.75) is 44.2 Å². The molecular formula is C27H30N2O6. The predicted molar refractivity (Wildman–Crippen MR) is 128 cm³/mol. The molecule has 0 aromatic heterocycles. The third-order valence-corrected chi connectivity index (χ3v) is 7.76. The standard InChI is InChI=1S/C27H30N2O6/c1-27(25(32)28-22-12-6-11-20(22)24(30)31)15-34-14-23(27)29-26(33)35-13-21-18-9-4-2-7-16(18)17-8-3-5-10-19(17)21/h2-5,7-10,20-23H,6,11-15H2,1H3,(H,28,32)(H,29,33)(H,30,31)/t20-,22+,23?,27?/m1/s1. The van der Waals surface area contributed by atoms with Crippen molar-refractivity contribution in [3.8, 4) is 11.1 Å². The predicted octanol–water partition coefficient (Wildman–Crippen LogP) is 3.30. The molecular weight excluding hydrogens is 448 g/mol. The molecule has 2 fully saturated rings. The smallest absolute Gasteiger partial charge is 0.407 e. The summed E-state index contributed by atoms with van der Waals surface area (Å²) >= 11 is 0. The second-order valence-corrected chi connectivity index (χ2v) is 9.91. The van der Waals surface area contributed by atoms with Crippen molar-refractivity contribution in [2.75, 3.05) is 19.8 Å². The van der Waals surface area contributed by atoms with Crippen molar-refractivity contribution in [1.29, 1.82) is 0 Å². The lowest BCUT2D eigenvalue weighted by Crippen LogP contribution is -2.56. The van der Waals surface area contributed by atoms with Crippen LogP contribution in [0.5, 0.6) is 0 Å². The molecule has 3 N–H and O–H groups in total. The van der Waals surface area contributed by atoms with E-state index in [0.717, 1.165) is 28.7 Å². The summed E-state index contributed by atoms with van der Waals surface area (Å²) in [4.78, 5) is 37.4. The van der Waals surface area contributed by atoms with Crippen molar-refractivity contribution in [3.63, 3.8) is 0 Å². The van der Waals surface area contributed by atoms with Crippen LogP contribution in [-0.2, 0) is 19.1 Å². The Kier molecular flexibility index (Phi) is 6.23. The van der Waals surface area contributed by atoms with E-state index in [9.17, 15) is 19.5 Å². The SMILES string of the molecule is CC1(C(=O)N[C@H]2CCC[C@H]2C(=O)O)COCC1NC(=O)OCC1c2ccccc2-c2ccccc21. The quantitative estimate of drug-likeness (QED) is 0.587. The fourth-order valence-corrected chi connectivity index (χ4v) is 5.64. The van der Waals surface area contributed by atoms with Gasteiger partial charge in [0.1, 0.15) is 6.61 Å². The summed E-state index contributed by atoms with van der Waals surface area (Å²) in [5.74, 6) is -1.84. The summed E-state index contributed by atoms with van der Waals surface area (Å²) in [6.45, 7) is 2.23. The number of fused-ring (bicyclic) bond motifs is 3. The second-order valence-electron chi connectivity index (χ2n) is 9.91. The lowest BCUT2D eigenvalue weighted by molar-refractivity contribution is -0.142. The number of aliphatic carboxylic acids is 1. The Morgan fingerprint density at radius 2 is 1.69 bits per heavy atom. The third-order valence-electron chi connectivity index (χ3n) is 7.76. The molecule has 0 bridgehead atoms. The Morgan fingerprint density at radius 3 is 2.34 bits per heavy atom. The van der Waals surface area contributed by atoms with Crippen molar-refractivity contribution in [3.05, 3.63) is 59.7 Å². The number of nitrogens with one attached hydrogen (secondary N) is 2. The monoisotopic (exact) mass is 478 g/mol. The largest absolute Gasteiger partial charge is 0.481 e. The number of amides is 2. The molecule has 1 saturated carbocycles. The van der Waals surface area contributed by atoms with Crippen LogP contribution >= 0.6 is 0 Å². The van der Waals surface area contributed by atoms with Gasteiger partial charge in [0, 0.05) is 12.0 Å². The van der Waals surface area contributed by atoms with E-state index in [0.29, 0.717) is 12.8 Å². The van der Waals surface area contributed by atoms with Gasteiger partial charge in [0.05, 0.1) is 30.6 Å². The third kappa shape index (κ3) is 4.27. The zero-order valence-electron chi connectivity index (χ0n) is 19.7. The highest BCUT2D eigenvalue weighted by molar-refractivity contribution is 5.85. The van der Waals surface area contributed by atoms with Gasteiger partial charge < -0.3 is 25.2 Å². The average molecular weight is 479 g/mol. The number of ether oxygens (including phenoxy) is 2. The molecule has 8 nitrogen and oxygen atoms in total. The molecule has 2 unspecified atom stereocenters. The maximum absolute atomic E-state index is 13.1. The van der Waals surface area contributed by atoms with E-state index in [1.807, 2.05) is 24.3 Å². The summed E-state index contributed by atoms with van der Waals surface area (Å²) in [7, 11) is 0. The van der Waals surface area contributed by atoms with Crippen molar-refractivity contribution >= 4 is 18.0 Å². The molecule has 35 heavy (non-hydrogen) atoms. The molecule has 8 heteroatoms. The molecule has 3 aliphatic rings. The Bertz CT molecular complexity index is 1100. The Labute approximate surface area is 204 Å². The fraction of sp³-hybridized carbons (Fsp3) is 0.444. The number of carboxylic acids is 1. The molecule has 2 amide bonds. The van der Waals surface area contributed by atoms with Crippen LogP contribution in [0, 0.1) is 11.3 Å². The van der Waals surface area contributed by atoms with Crippen molar-refractivity contribution < 1.29 is 29.0 Å². The molecule has 1 aliphatic heterocycles. The highest BCUT2D eigenvalue weighted by atomic mass is 16.5. The lowest BCUT2D eigenvalue weighted by atomic mass is 9.83. The van der Waals surface area contributed by atoms with E-state index in [2.05, 4.69) is 34.9 Å². The highest BCUT2D eigenvalue weighted by Gasteiger charge is 2.49. The van der Waals surface area contributed by atoms with Crippen LogP contribution in [0.1, 0.15) is 43.2 Å². The van der Waals surface area contributed by atoms with Gasteiger partial charge in [-0.15, -0.1) is 0 Å². The molecule has 0 spiro atoms. The maximum atomic E-state index is 13.1. The summed E-state index contributed by atoms with van der Waals surface area (Å²) in [5, 5.41) is 15.1. The van der Waals surface area contributed by atoms with Crippen LogP contribution in [0.25, 0.3) is 11.1 Å². The van der Waals surface area contributed by atoms with E-state index in [4.69, 9.17) is 9.47 Å². The minimum Gasteiger partial charge on any atom is -0.481 e. The first kappa shape index (κ1) is 23.4. The van der Waals surface area contributed by atoms with Crippen LogP contribution < -0.4 is 10.6 Å². The van der Waals surface area contributed by atoms with Gasteiger partial charge >= 0.3 is 12.1 Å². The van der Waals surface area contributed by atoms with Crippen LogP contribution in [0.2, 0.25) is 0 Å². The van der Waals surface area contributed by atoms with Gasteiger partial charge in [-0.25, -0.2) is 4.79 Å². The van der Waals surface area contributed by atoms with Crippen molar-refractivity contribution in [2.24, 2.45) is 11.3 Å². The van der Waals surface area contributed by atoms with E-state index >= 15 is 0 Å². The molecule has 4 atom stereocenters. The zero-order chi connectivity index (χ0) is 24.6. The van der Waals surface area contributed by atoms with Gasteiger partial charge in [-0.1, -0.05) is 55.0 Å². The zero-order valence-corrected chi connectivity index (χ0v) is 19.7. The van der Waals surface area contributed by atoms with E-state index in [1.54, 1.807) is 6.92 Å². The topological polar surface area (TPSA) is 114 Å². The number of hydrogen-bond donors (Lipinski definition) is 3. The molecule has 5 rings (SSSR count). The van der Waals surface area contributed by atoms with Gasteiger partial charge in [0.15, 0.2) is 0 Å². The summed E-state index contributed by atoms with van der Waals surface area (Å²) in [6.07, 6.45) is 1.33. The number of benzene rings is 2. The number of rotatable bonds is 6. The van der Waals surface area contributed by atoms with Crippen LogP contribution in [0.3, 0.4) is 0 Å². The molecule has 1 saturated heterocycles. The molecule has 184 valence electrons. The van der Waals surface area contributed by atoms with Gasteiger partial charge in [0.25, 0.3) is 0 Å². The fourth-order valence-electron chi connectivity index (χ4n) is 5.64. The van der Waals surface area contributed by atoms with E-state index in [1.165, 1.54) is 0 Å². The van der Waals surface area contributed by atoms with E-state index in [-0.39, 0.29) is 31.6 Å². The first-order chi connectivity index (χ1) is 16.9. The summed E-state index contributed by atoms with van der Waals surface area (Å²) in [6, 6.07) is 15.2.